The van der Waals surface area contributed by atoms with Crippen molar-refractivity contribution in [2.75, 3.05) is 18.0 Å². The molecule has 0 atom stereocenters. The van der Waals surface area contributed by atoms with Gasteiger partial charge in [0.25, 0.3) is 10.1 Å². The molecule has 49 heavy (non-hydrogen) atoms. The van der Waals surface area contributed by atoms with E-state index in [1.165, 1.54) is 28.6 Å². The molecule has 4 rings (SSSR count). The van der Waals surface area contributed by atoms with Crippen LogP contribution in [-0.4, -0.2) is 47.9 Å². The number of rotatable bonds is 18. The summed E-state index contributed by atoms with van der Waals surface area (Å²) in [6, 6.07) is 11.6. The second kappa shape index (κ2) is 16.1. The van der Waals surface area contributed by atoms with Gasteiger partial charge in [0.1, 0.15) is 18.1 Å². The van der Waals surface area contributed by atoms with Gasteiger partial charge in [-0.05, 0) is 83.2 Å². The molecule has 2 aliphatic rings. The molecule has 2 aromatic carbocycles. The molecule has 0 unspecified atom stereocenters. The number of ketones is 2. The fourth-order valence-corrected chi connectivity index (χ4v) is 7.99. The van der Waals surface area contributed by atoms with Crippen LogP contribution in [0.15, 0.2) is 65.2 Å². The van der Waals surface area contributed by atoms with Crippen molar-refractivity contribution in [3.63, 3.8) is 0 Å². The lowest BCUT2D eigenvalue weighted by molar-refractivity contribution is -0.438. The summed E-state index contributed by atoms with van der Waals surface area (Å²) in [5.74, 6) is 0.627. The zero-order valence-corrected chi connectivity index (χ0v) is 31.6. The van der Waals surface area contributed by atoms with Gasteiger partial charge in [-0.1, -0.05) is 57.4 Å². The number of benzene rings is 2. The van der Waals surface area contributed by atoms with E-state index in [-0.39, 0.29) is 10.3 Å². The van der Waals surface area contributed by atoms with Crippen LogP contribution in [0.3, 0.4) is 0 Å². The molecule has 0 aliphatic carbocycles. The molecular weight excluding hydrogens is 633 g/mol. The van der Waals surface area contributed by atoms with Crippen LogP contribution in [0.4, 0.5) is 11.4 Å². The van der Waals surface area contributed by atoms with Crippen molar-refractivity contribution in [3.05, 3.63) is 77.0 Å². The largest absolute Gasteiger partial charge is 0.344 e. The Morgan fingerprint density at radius 1 is 0.816 bits per heavy atom. The molecule has 0 aromatic heterocycles. The predicted octanol–water partition coefficient (Wildman–Crippen LogP) is 9.32. The van der Waals surface area contributed by atoms with Gasteiger partial charge in [-0.15, -0.1) is 0 Å². The van der Waals surface area contributed by atoms with Gasteiger partial charge in [-0.3, -0.25) is 14.1 Å². The number of aryl methyl sites for hydroxylation is 1. The fraction of sp³-hybridized carbons (Fsp3) is 0.537. The number of hydrogen-bond acceptors (Lipinski definition) is 5. The van der Waals surface area contributed by atoms with E-state index in [4.69, 9.17) is 0 Å². The molecule has 2 aromatic rings. The summed E-state index contributed by atoms with van der Waals surface area (Å²) in [6.45, 7) is 16.6. The van der Waals surface area contributed by atoms with Gasteiger partial charge in [0.05, 0.1) is 10.3 Å². The van der Waals surface area contributed by atoms with Gasteiger partial charge in [0, 0.05) is 73.2 Å². The average Bonchev–Trinajstić information content (AvgIpc) is 3.39. The van der Waals surface area contributed by atoms with Crippen LogP contribution >= 0.6 is 0 Å². The van der Waals surface area contributed by atoms with E-state index in [9.17, 15) is 22.6 Å². The summed E-state index contributed by atoms with van der Waals surface area (Å²) in [5, 5.41) is 0. The number of Topliss-reactive ketones (excluding diaryl/α,β-unsaturated/α-hetero) is 2. The molecule has 0 radical (unpaired) electrons. The minimum atomic E-state index is -4.34. The minimum Gasteiger partial charge on any atom is -0.344 e. The number of allylic oxidation sites excluding steroid dienone is 4. The molecule has 0 saturated carbocycles. The highest BCUT2D eigenvalue weighted by Crippen LogP contribution is 2.48. The Morgan fingerprint density at radius 2 is 1.45 bits per heavy atom. The molecule has 0 fully saturated rings. The van der Waals surface area contributed by atoms with E-state index in [2.05, 4.69) is 87.4 Å². The van der Waals surface area contributed by atoms with Gasteiger partial charge in [-0.2, -0.15) is 13.0 Å². The van der Waals surface area contributed by atoms with E-state index >= 15 is 0 Å². The number of likely N-dealkylation sites (N-methyl/N-ethyl adjacent to an activating group) is 1. The smallest absolute Gasteiger partial charge is 0.294 e. The Hall–Kier alpha value is -3.36. The fourth-order valence-electron chi connectivity index (χ4n) is 7.48. The lowest BCUT2D eigenvalue weighted by Gasteiger charge is -2.25. The lowest BCUT2D eigenvalue weighted by Crippen LogP contribution is -2.28. The molecule has 266 valence electrons. The second-order valence-corrected chi connectivity index (χ2v) is 16.2. The van der Waals surface area contributed by atoms with Crippen molar-refractivity contribution in [1.29, 1.82) is 0 Å². The average molecular weight is 690 g/mol. The summed E-state index contributed by atoms with van der Waals surface area (Å²) >= 11 is 0. The number of carbonyl (C=O) groups excluding carboxylic acids is 2. The summed E-state index contributed by atoms with van der Waals surface area (Å²) in [6.07, 6.45) is 15.4. The Bertz CT molecular complexity index is 1750. The van der Waals surface area contributed by atoms with Gasteiger partial charge < -0.3 is 4.90 Å². The number of carbonyl (C=O) groups is 2. The summed E-state index contributed by atoms with van der Waals surface area (Å²) in [5.41, 5.74) is 7.28. The minimum absolute atomic E-state index is 0.0982. The van der Waals surface area contributed by atoms with Gasteiger partial charge in [-0.25, -0.2) is 0 Å². The number of anilines is 1. The van der Waals surface area contributed by atoms with E-state index in [0.717, 1.165) is 75.0 Å². The highest BCUT2D eigenvalue weighted by Gasteiger charge is 2.45. The maximum absolute atomic E-state index is 12.5. The van der Waals surface area contributed by atoms with E-state index in [1.54, 1.807) is 12.1 Å². The van der Waals surface area contributed by atoms with Crippen molar-refractivity contribution in [1.82, 2.24) is 0 Å². The molecule has 2 aliphatic heterocycles. The van der Waals surface area contributed by atoms with Crippen molar-refractivity contribution in [3.8, 4) is 0 Å². The molecule has 1 N–H and O–H groups in total. The Kier molecular flexibility index (Phi) is 12.6. The van der Waals surface area contributed by atoms with Crippen LogP contribution in [0, 0.1) is 6.92 Å². The van der Waals surface area contributed by atoms with Crippen molar-refractivity contribution in [2.45, 2.75) is 135 Å². The first kappa shape index (κ1) is 38.4. The Balaban J connectivity index is 1.48. The molecule has 0 spiro atoms. The quantitative estimate of drug-likeness (QED) is 0.0953. The predicted molar refractivity (Wildman–Crippen MR) is 200 cm³/mol. The van der Waals surface area contributed by atoms with Gasteiger partial charge in [0.2, 0.25) is 5.69 Å². The standard InChI is InChI=1S/C41H56N2O5S/c1-8-31(44)18-13-10-11-14-19-32(45)20-15-12-16-27-43-37-26-24-33(49(46,47)48)29-35(37)41(6,7)39(43)22-17-21-38-40(4,5)34-28-30(3)23-25-36(34)42(38)9-2/h17,21-26,28-29H,8-16,18-20,27H2,1-7H3/p+1. The molecule has 0 bridgehead atoms. The van der Waals surface area contributed by atoms with Crippen molar-refractivity contribution in [2.24, 2.45) is 0 Å². The van der Waals surface area contributed by atoms with Crippen LogP contribution in [0.2, 0.25) is 0 Å². The molecule has 7 nitrogen and oxygen atoms in total. The highest BCUT2D eigenvalue weighted by molar-refractivity contribution is 7.85. The van der Waals surface area contributed by atoms with Crippen LogP contribution in [0.5, 0.6) is 0 Å². The molecule has 0 amide bonds. The van der Waals surface area contributed by atoms with E-state index in [1.807, 2.05) is 6.92 Å². The third-order valence-corrected chi connectivity index (χ3v) is 11.3. The van der Waals surface area contributed by atoms with Crippen LogP contribution in [0.1, 0.15) is 129 Å². The monoisotopic (exact) mass is 689 g/mol. The molecule has 8 heteroatoms. The summed E-state index contributed by atoms with van der Waals surface area (Å²) < 4.78 is 36.3. The third kappa shape index (κ3) is 8.87. The van der Waals surface area contributed by atoms with E-state index in [0.29, 0.717) is 37.2 Å². The number of hydrogen-bond donors (Lipinski definition) is 1. The second-order valence-electron chi connectivity index (χ2n) is 14.8. The maximum atomic E-state index is 12.5. The molecule has 2 heterocycles. The number of unbranched alkanes of at least 4 members (excludes halogenated alkanes) is 5. The first-order chi connectivity index (χ1) is 23.1. The first-order valence-corrected chi connectivity index (χ1v) is 19.6. The summed E-state index contributed by atoms with van der Waals surface area (Å²) in [7, 11) is -4.34. The Morgan fingerprint density at radius 3 is 2.06 bits per heavy atom. The van der Waals surface area contributed by atoms with Crippen LogP contribution in [-0.2, 0) is 30.5 Å². The zero-order chi connectivity index (χ0) is 36.0. The van der Waals surface area contributed by atoms with Crippen LogP contribution in [0.25, 0.3) is 0 Å². The van der Waals surface area contributed by atoms with Crippen molar-refractivity contribution < 1.29 is 27.1 Å². The SMILES string of the molecule is CCC(=O)CCCCCCC(=O)CCCCC[N+]1=C(/C=C/C=C2\N(CC)c3ccc(C)cc3C2(C)C)C(C)(C)c2cc(S(=O)(=O)O)ccc21. The number of fused-ring (bicyclic) bond motifs is 2. The normalized spacial score (nSPS) is 17.3. The summed E-state index contributed by atoms with van der Waals surface area (Å²) in [4.78, 5) is 26.3. The lowest BCUT2D eigenvalue weighted by atomic mass is 9.81. The van der Waals surface area contributed by atoms with E-state index < -0.39 is 15.5 Å². The topological polar surface area (TPSA) is 94.8 Å². The number of nitrogens with zero attached hydrogens (tertiary/aromatic N) is 2. The highest BCUT2D eigenvalue weighted by atomic mass is 32.2. The van der Waals surface area contributed by atoms with Crippen molar-refractivity contribution >= 4 is 38.8 Å². The molecular formula is C41H57N2O5S+. The first-order valence-electron chi connectivity index (χ1n) is 18.2. The zero-order valence-electron chi connectivity index (χ0n) is 30.8. The van der Waals surface area contributed by atoms with Gasteiger partial charge >= 0.3 is 0 Å². The molecule has 0 saturated heterocycles. The van der Waals surface area contributed by atoms with Gasteiger partial charge in [0.15, 0.2) is 5.71 Å². The van der Waals surface area contributed by atoms with Crippen LogP contribution < -0.4 is 4.90 Å². The Labute approximate surface area is 294 Å². The third-order valence-electron chi connectivity index (χ3n) is 10.4. The maximum Gasteiger partial charge on any atom is 0.294 e.